The molecule has 1 N–H and O–H groups in total. The van der Waals surface area contributed by atoms with Crippen LogP contribution in [0.5, 0.6) is 5.75 Å². The fraction of sp³-hybridized carbons (Fsp3) is 0.0588. The fourth-order valence-electron chi connectivity index (χ4n) is 2.49. The zero-order chi connectivity index (χ0) is 20.6. The average Bonchev–Trinajstić information content (AvgIpc) is 2.95. The summed E-state index contributed by atoms with van der Waals surface area (Å²) in [5, 5.41) is 24.8. The van der Waals surface area contributed by atoms with E-state index in [4.69, 9.17) is 0 Å². The van der Waals surface area contributed by atoms with Crippen LogP contribution in [-0.4, -0.2) is 27.8 Å². The van der Waals surface area contributed by atoms with Crippen molar-refractivity contribution in [1.29, 1.82) is 0 Å². The lowest BCUT2D eigenvalue weighted by Gasteiger charge is -2.10. The normalized spacial score (nSPS) is 15.9. The molecule has 0 saturated heterocycles. The summed E-state index contributed by atoms with van der Waals surface area (Å²) in [5.41, 5.74) is -2.76. The molecule has 0 unspecified atom stereocenters. The van der Waals surface area contributed by atoms with E-state index in [-0.39, 0.29) is 14.8 Å². The second-order valence-electron chi connectivity index (χ2n) is 5.58. The maximum atomic E-state index is 13.4. The number of nitrogens with zero attached hydrogens (tertiary/aromatic N) is 3. The molecule has 0 spiro atoms. The van der Waals surface area contributed by atoms with E-state index >= 15 is 0 Å². The first-order chi connectivity index (χ1) is 13.1. The van der Waals surface area contributed by atoms with Crippen molar-refractivity contribution in [2.24, 2.45) is 5.10 Å². The summed E-state index contributed by atoms with van der Waals surface area (Å²) in [6.07, 6.45) is -4.05. The summed E-state index contributed by atoms with van der Waals surface area (Å²) in [5.74, 6) is -1.63. The van der Waals surface area contributed by atoms with Gasteiger partial charge in [0.1, 0.15) is 0 Å². The first-order valence-corrected chi connectivity index (χ1v) is 8.61. The summed E-state index contributed by atoms with van der Waals surface area (Å²) < 4.78 is 40.3. The Hall–Kier alpha value is -2.96. The van der Waals surface area contributed by atoms with Crippen LogP contribution in [0.2, 0.25) is 0 Å². The van der Waals surface area contributed by atoms with Crippen molar-refractivity contribution in [3.63, 3.8) is 0 Å². The summed E-state index contributed by atoms with van der Waals surface area (Å²) in [6.45, 7) is 0. The van der Waals surface area contributed by atoms with E-state index < -0.39 is 39.7 Å². The van der Waals surface area contributed by atoms with Gasteiger partial charge < -0.3 is 5.11 Å². The molecule has 0 saturated carbocycles. The largest absolute Gasteiger partial charge is 0.501 e. The molecule has 1 aliphatic rings. The van der Waals surface area contributed by atoms with Gasteiger partial charge in [-0.3, -0.25) is 14.9 Å². The summed E-state index contributed by atoms with van der Waals surface area (Å²) in [7, 11) is 0. The lowest BCUT2D eigenvalue weighted by Crippen LogP contribution is -2.25. The lowest BCUT2D eigenvalue weighted by atomic mass is 10.1. The summed E-state index contributed by atoms with van der Waals surface area (Å²) >= 11 is 1.60. The Balaban J connectivity index is 2.14. The van der Waals surface area contributed by atoms with Crippen molar-refractivity contribution in [2.45, 2.75) is 6.18 Å². The fourth-order valence-corrected chi connectivity index (χ4v) is 3.13. The van der Waals surface area contributed by atoms with Gasteiger partial charge in [-0.1, -0.05) is 18.2 Å². The van der Waals surface area contributed by atoms with Gasteiger partial charge in [0.2, 0.25) is 5.75 Å². The minimum atomic E-state index is -4.92. The van der Waals surface area contributed by atoms with Gasteiger partial charge in [-0.25, -0.2) is 0 Å². The van der Waals surface area contributed by atoms with E-state index in [0.29, 0.717) is 5.01 Å². The number of hydrogen-bond donors (Lipinski definition) is 1. The number of benzene rings is 2. The van der Waals surface area contributed by atoms with Crippen LogP contribution in [0.1, 0.15) is 5.56 Å². The van der Waals surface area contributed by atoms with Gasteiger partial charge in [0.25, 0.3) is 5.91 Å². The van der Waals surface area contributed by atoms with Gasteiger partial charge in [0.05, 0.1) is 19.8 Å². The van der Waals surface area contributed by atoms with E-state index in [1.165, 1.54) is 18.2 Å². The van der Waals surface area contributed by atoms with Gasteiger partial charge in [0, 0.05) is 6.07 Å². The zero-order valence-electron chi connectivity index (χ0n) is 13.6. The number of phenols is 1. The maximum absolute atomic E-state index is 13.4. The molecule has 1 heterocycles. The van der Waals surface area contributed by atoms with Crippen molar-refractivity contribution in [1.82, 2.24) is 0 Å². The van der Waals surface area contributed by atoms with Crippen LogP contribution >= 0.6 is 22.6 Å². The van der Waals surface area contributed by atoms with Crippen LogP contribution in [0.4, 0.5) is 24.5 Å². The van der Waals surface area contributed by atoms with Crippen molar-refractivity contribution >= 4 is 51.7 Å². The second kappa shape index (κ2) is 7.22. The van der Waals surface area contributed by atoms with Crippen LogP contribution in [0.3, 0.4) is 0 Å². The molecular formula is C17H9F3IN3O4. The van der Waals surface area contributed by atoms with Crippen molar-refractivity contribution in [3.05, 3.63) is 67.3 Å². The molecule has 144 valence electrons. The van der Waals surface area contributed by atoms with Crippen LogP contribution in [0.15, 0.2) is 53.1 Å². The second-order valence-corrected chi connectivity index (χ2v) is 6.75. The highest BCUT2D eigenvalue weighted by Gasteiger charge is 2.46. The van der Waals surface area contributed by atoms with Crippen LogP contribution in [0.25, 0.3) is 6.08 Å². The molecule has 0 aliphatic carbocycles. The lowest BCUT2D eigenvalue weighted by molar-refractivity contribution is -0.386. The molecule has 3 rings (SSSR count). The number of para-hydroxylation sites is 1. The van der Waals surface area contributed by atoms with E-state index in [0.717, 1.165) is 12.1 Å². The molecule has 0 fully saturated rings. The quantitative estimate of drug-likeness (QED) is 0.293. The molecule has 0 atom stereocenters. The predicted molar refractivity (Wildman–Crippen MR) is 103 cm³/mol. The third-order valence-electron chi connectivity index (χ3n) is 3.72. The number of nitro benzene ring substituents is 1. The van der Waals surface area contributed by atoms with Crippen LogP contribution < -0.4 is 5.01 Å². The molecule has 7 nitrogen and oxygen atoms in total. The first-order valence-electron chi connectivity index (χ1n) is 7.54. The van der Waals surface area contributed by atoms with Crippen molar-refractivity contribution in [2.75, 3.05) is 5.01 Å². The monoisotopic (exact) mass is 503 g/mol. The van der Waals surface area contributed by atoms with Crippen LogP contribution in [0, 0.1) is 13.7 Å². The Morgan fingerprint density at radius 1 is 1.21 bits per heavy atom. The van der Waals surface area contributed by atoms with E-state index in [1.54, 1.807) is 40.8 Å². The highest BCUT2D eigenvalue weighted by Crippen LogP contribution is 2.36. The summed E-state index contributed by atoms with van der Waals surface area (Å²) in [6, 6.07) is 9.67. The number of nitro groups is 1. The number of anilines is 1. The Kier molecular flexibility index (Phi) is 5.10. The van der Waals surface area contributed by atoms with Gasteiger partial charge in [0.15, 0.2) is 5.71 Å². The SMILES string of the molecule is O=C1/C(=C\c2cc(I)c(O)c([N+](=O)[O-])c2)C(C(F)(F)F)=NN1c1ccccc1. The van der Waals surface area contributed by atoms with Crippen molar-refractivity contribution < 1.29 is 28.0 Å². The number of alkyl halides is 3. The maximum Gasteiger partial charge on any atom is 0.435 e. The highest BCUT2D eigenvalue weighted by molar-refractivity contribution is 14.1. The third kappa shape index (κ3) is 3.69. The number of amides is 1. The van der Waals surface area contributed by atoms with E-state index in [2.05, 4.69) is 5.10 Å². The smallest absolute Gasteiger partial charge is 0.435 e. The molecule has 2 aromatic carbocycles. The minimum Gasteiger partial charge on any atom is -0.501 e. The third-order valence-corrected chi connectivity index (χ3v) is 4.54. The Morgan fingerprint density at radius 3 is 2.43 bits per heavy atom. The molecule has 0 radical (unpaired) electrons. The average molecular weight is 503 g/mol. The number of hydrogen-bond acceptors (Lipinski definition) is 5. The molecule has 1 amide bonds. The van der Waals surface area contributed by atoms with Gasteiger partial charge >= 0.3 is 11.9 Å². The predicted octanol–water partition coefficient (Wildman–Crippen LogP) is 4.25. The highest BCUT2D eigenvalue weighted by atomic mass is 127. The number of carbonyl (C=O) groups excluding carboxylic acids is 1. The Morgan fingerprint density at radius 2 is 1.86 bits per heavy atom. The van der Waals surface area contributed by atoms with Gasteiger partial charge in [-0.05, 0) is 52.4 Å². The Labute approximate surface area is 169 Å². The van der Waals surface area contributed by atoms with E-state index in [1.807, 2.05) is 0 Å². The standard InChI is InChI=1S/C17H9F3IN3O4/c18-17(19,20)15-11(16(26)23(22-15)10-4-2-1-3-5-10)6-9-7-12(21)14(25)13(8-9)24(27)28/h1-8,25H/b11-6-. The molecule has 28 heavy (non-hydrogen) atoms. The number of phenolic OH excluding ortho intramolecular Hbond substituents is 1. The number of halogens is 4. The summed E-state index contributed by atoms with van der Waals surface area (Å²) in [4.78, 5) is 22.8. The van der Waals surface area contributed by atoms with Crippen LogP contribution in [-0.2, 0) is 4.79 Å². The van der Waals surface area contributed by atoms with Gasteiger partial charge in [-0.15, -0.1) is 0 Å². The van der Waals surface area contributed by atoms with Gasteiger partial charge in [-0.2, -0.15) is 23.3 Å². The molecule has 1 aliphatic heterocycles. The zero-order valence-corrected chi connectivity index (χ0v) is 15.8. The number of hydrazone groups is 1. The Bertz CT molecular complexity index is 1040. The van der Waals surface area contributed by atoms with Crippen molar-refractivity contribution in [3.8, 4) is 5.75 Å². The first kappa shape index (κ1) is 19.8. The molecular weight excluding hydrogens is 494 g/mol. The number of rotatable bonds is 3. The molecule has 0 bridgehead atoms. The molecule has 11 heteroatoms. The molecule has 2 aromatic rings. The topological polar surface area (TPSA) is 96.0 Å². The number of carbonyl (C=O) groups is 1. The number of aromatic hydroxyl groups is 1. The molecule has 0 aromatic heterocycles. The minimum absolute atomic E-state index is 0.0505. The van der Waals surface area contributed by atoms with E-state index in [9.17, 15) is 33.2 Å².